The lowest BCUT2D eigenvalue weighted by Gasteiger charge is -2.13. The van der Waals surface area contributed by atoms with E-state index < -0.39 is 0 Å². The van der Waals surface area contributed by atoms with Gasteiger partial charge >= 0.3 is 6.01 Å². The van der Waals surface area contributed by atoms with Gasteiger partial charge in [-0.3, -0.25) is 0 Å². The normalized spacial score (nSPS) is 12.8. The van der Waals surface area contributed by atoms with Gasteiger partial charge in [-0.25, -0.2) is 0 Å². The quantitative estimate of drug-likeness (QED) is 0.720. The van der Waals surface area contributed by atoms with Crippen LogP contribution in [0.5, 0.6) is 0 Å². The molecule has 1 N–H and O–H groups in total. The third-order valence-electron chi connectivity index (χ3n) is 2.66. The monoisotopic (exact) mass is 226 g/mol. The van der Waals surface area contributed by atoms with Crippen LogP contribution in [0.1, 0.15) is 45.0 Å². The first kappa shape index (κ1) is 13.0. The molecule has 0 saturated carbocycles. The van der Waals surface area contributed by atoms with Gasteiger partial charge in [0, 0.05) is 13.6 Å². The standard InChI is InChI=1S/C11H22N4O/c1-5-6-7-8-15(4)11-14-13-10(16-11)9(2)12-3/h9,12H,5-8H2,1-4H3. The Morgan fingerprint density at radius 3 is 2.75 bits per heavy atom. The number of hydrogen-bond donors (Lipinski definition) is 1. The predicted octanol–water partition coefficient (Wildman–Crippen LogP) is 1.98. The minimum Gasteiger partial charge on any atom is -0.406 e. The molecule has 5 heteroatoms. The second-order valence-corrected chi connectivity index (χ2v) is 4.06. The van der Waals surface area contributed by atoms with Crippen molar-refractivity contribution in [1.29, 1.82) is 0 Å². The van der Waals surface area contributed by atoms with Crippen LogP contribution in [-0.2, 0) is 0 Å². The lowest BCUT2D eigenvalue weighted by Crippen LogP contribution is -2.18. The largest absolute Gasteiger partial charge is 0.406 e. The number of rotatable bonds is 7. The van der Waals surface area contributed by atoms with E-state index in [4.69, 9.17) is 4.42 Å². The van der Waals surface area contributed by atoms with Crippen LogP contribution in [0.2, 0.25) is 0 Å². The Morgan fingerprint density at radius 1 is 1.38 bits per heavy atom. The molecule has 16 heavy (non-hydrogen) atoms. The van der Waals surface area contributed by atoms with E-state index in [1.807, 2.05) is 25.9 Å². The van der Waals surface area contributed by atoms with Gasteiger partial charge in [0.05, 0.1) is 6.04 Å². The molecule has 0 radical (unpaired) electrons. The third kappa shape index (κ3) is 3.48. The fraction of sp³-hybridized carbons (Fsp3) is 0.818. The molecule has 5 nitrogen and oxygen atoms in total. The SMILES string of the molecule is CCCCCN(C)c1nnc(C(C)NC)o1. The van der Waals surface area contributed by atoms with E-state index in [1.54, 1.807) is 0 Å². The van der Waals surface area contributed by atoms with E-state index in [1.165, 1.54) is 12.8 Å². The molecule has 0 aliphatic rings. The number of unbranched alkanes of at least 4 members (excludes halogenated alkanes) is 2. The minimum atomic E-state index is 0.102. The molecular formula is C11H22N4O. The molecule has 0 fully saturated rings. The molecular weight excluding hydrogens is 204 g/mol. The maximum absolute atomic E-state index is 5.57. The highest BCUT2D eigenvalue weighted by Crippen LogP contribution is 2.16. The zero-order chi connectivity index (χ0) is 12.0. The van der Waals surface area contributed by atoms with E-state index in [0.29, 0.717) is 11.9 Å². The molecule has 92 valence electrons. The van der Waals surface area contributed by atoms with Gasteiger partial charge in [-0.15, -0.1) is 5.10 Å². The van der Waals surface area contributed by atoms with Crippen LogP contribution in [0.3, 0.4) is 0 Å². The Kier molecular flexibility index (Phi) is 5.25. The average Bonchev–Trinajstić information content (AvgIpc) is 2.77. The third-order valence-corrected chi connectivity index (χ3v) is 2.66. The van der Waals surface area contributed by atoms with Crippen molar-refractivity contribution in [3.05, 3.63) is 5.89 Å². The second kappa shape index (κ2) is 6.48. The van der Waals surface area contributed by atoms with Gasteiger partial charge in [0.25, 0.3) is 0 Å². The first-order valence-electron chi connectivity index (χ1n) is 5.90. The molecule has 1 aromatic heterocycles. The molecule has 1 rings (SSSR count). The summed E-state index contributed by atoms with van der Waals surface area (Å²) in [5.74, 6) is 0.639. The van der Waals surface area contributed by atoms with Gasteiger partial charge in [0.1, 0.15) is 0 Å². The summed E-state index contributed by atoms with van der Waals surface area (Å²) in [6.07, 6.45) is 3.62. The van der Waals surface area contributed by atoms with Gasteiger partial charge in [0.15, 0.2) is 0 Å². The van der Waals surface area contributed by atoms with Crippen LogP contribution >= 0.6 is 0 Å². The summed E-state index contributed by atoms with van der Waals surface area (Å²) in [5, 5.41) is 11.1. The average molecular weight is 226 g/mol. The number of hydrogen-bond acceptors (Lipinski definition) is 5. The fourth-order valence-electron chi connectivity index (χ4n) is 1.37. The predicted molar refractivity (Wildman–Crippen MR) is 64.6 cm³/mol. The van der Waals surface area contributed by atoms with E-state index >= 15 is 0 Å². The van der Waals surface area contributed by atoms with Gasteiger partial charge in [0.2, 0.25) is 5.89 Å². The van der Waals surface area contributed by atoms with Crippen LogP contribution in [0, 0.1) is 0 Å². The molecule has 0 saturated heterocycles. The lowest BCUT2D eigenvalue weighted by molar-refractivity contribution is 0.431. The molecule has 0 aliphatic carbocycles. The summed E-state index contributed by atoms with van der Waals surface area (Å²) < 4.78 is 5.57. The summed E-state index contributed by atoms with van der Waals surface area (Å²) >= 11 is 0. The summed E-state index contributed by atoms with van der Waals surface area (Å²) in [4.78, 5) is 2.01. The highest BCUT2D eigenvalue weighted by Gasteiger charge is 2.14. The Balaban J connectivity index is 2.49. The van der Waals surface area contributed by atoms with E-state index in [0.717, 1.165) is 13.0 Å². The zero-order valence-electron chi connectivity index (χ0n) is 10.7. The van der Waals surface area contributed by atoms with Crippen LogP contribution in [0.15, 0.2) is 4.42 Å². The van der Waals surface area contributed by atoms with Crippen molar-refractivity contribution < 1.29 is 4.42 Å². The second-order valence-electron chi connectivity index (χ2n) is 4.06. The highest BCUT2D eigenvalue weighted by molar-refractivity contribution is 5.21. The molecule has 1 unspecified atom stereocenters. The van der Waals surface area contributed by atoms with Crippen LogP contribution in [-0.4, -0.2) is 30.8 Å². The van der Waals surface area contributed by atoms with Crippen LogP contribution < -0.4 is 10.2 Å². The molecule has 0 spiro atoms. The van der Waals surface area contributed by atoms with Gasteiger partial charge < -0.3 is 14.6 Å². The molecule has 1 aromatic rings. The van der Waals surface area contributed by atoms with Crippen molar-refractivity contribution in [2.24, 2.45) is 0 Å². The van der Waals surface area contributed by atoms with E-state index in [9.17, 15) is 0 Å². The maximum atomic E-state index is 5.57. The smallest absolute Gasteiger partial charge is 0.317 e. The summed E-state index contributed by atoms with van der Waals surface area (Å²) in [6, 6.07) is 0.707. The first-order valence-corrected chi connectivity index (χ1v) is 5.90. The summed E-state index contributed by atoms with van der Waals surface area (Å²) in [5.41, 5.74) is 0. The molecule has 1 atom stereocenters. The van der Waals surface area contributed by atoms with E-state index in [2.05, 4.69) is 22.4 Å². The Bertz CT molecular complexity index is 300. The van der Waals surface area contributed by atoms with E-state index in [-0.39, 0.29) is 6.04 Å². The van der Waals surface area contributed by atoms with Crippen molar-refractivity contribution in [3.8, 4) is 0 Å². The maximum Gasteiger partial charge on any atom is 0.317 e. The Morgan fingerprint density at radius 2 is 2.12 bits per heavy atom. The number of nitrogens with zero attached hydrogens (tertiary/aromatic N) is 3. The topological polar surface area (TPSA) is 54.2 Å². The molecule has 0 aliphatic heterocycles. The van der Waals surface area contributed by atoms with Gasteiger partial charge in [-0.1, -0.05) is 24.9 Å². The number of anilines is 1. The van der Waals surface area contributed by atoms with Gasteiger partial charge in [-0.2, -0.15) is 0 Å². The lowest BCUT2D eigenvalue weighted by atomic mass is 10.2. The van der Waals surface area contributed by atoms with Crippen LogP contribution in [0.25, 0.3) is 0 Å². The van der Waals surface area contributed by atoms with Crippen molar-refractivity contribution in [1.82, 2.24) is 15.5 Å². The highest BCUT2D eigenvalue weighted by atomic mass is 16.4. The molecule has 0 aromatic carbocycles. The van der Waals surface area contributed by atoms with Crippen molar-refractivity contribution in [2.75, 3.05) is 25.5 Å². The minimum absolute atomic E-state index is 0.102. The Labute approximate surface area is 97.2 Å². The summed E-state index contributed by atoms with van der Waals surface area (Å²) in [7, 11) is 3.86. The number of aromatic nitrogens is 2. The number of nitrogens with one attached hydrogen (secondary N) is 1. The van der Waals surface area contributed by atoms with Crippen molar-refractivity contribution in [2.45, 2.75) is 39.2 Å². The fourth-order valence-corrected chi connectivity index (χ4v) is 1.37. The molecule has 1 heterocycles. The van der Waals surface area contributed by atoms with Gasteiger partial charge in [-0.05, 0) is 20.4 Å². The Hall–Kier alpha value is -1.10. The first-order chi connectivity index (χ1) is 7.69. The molecule has 0 bridgehead atoms. The zero-order valence-corrected chi connectivity index (χ0v) is 10.7. The van der Waals surface area contributed by atoms with Crippen molar-refractivity contribution in [3.63, 3.8) is 0 Å². The molecule has 0 amide bonds. The van der Waals surface area contributed by atoms with Crippen molar-refractivity contribution >= 4 is 6.01 Å². The summed E-state index contributed by atoms with van der Waals surface area (Å²) in [6.45, 7) is 5.15. The van der Waals surface area contributed by atoms with Crippen LogP contribution in [0.4, 0.5) is 6.01 Å².